The zero-order chi connectivity index (χ0) is 14.8. The number of hydrogen-bond acceptors (Lipinski definition) is 2. The summed E-state index contributed by atoms with van der Waals surface area (Å²) in [5.74, 6) is -2.50. The van der Waals surface area contributed by atoms with Crippen LogP contribution < -0.4 is 10.1 Å². The average molecular weight is 279 g/mol. The Labute approximate surface area is 107 Å². The number of nitrogens with one attached hydrogen (secondary N) is 1. The summed E-state index contributed by atoms with van der Waals surface area (Å²) in [6, 6.07) is 2.34. The van der Waals surface area contributed by atoms with Crippen LogP contribution in [-0.2, 0) is 0 Å². The van der Waals surface area contributed by atoms with Crippen LogP contribution in [0.1, 0.15) is 31.1 Å². The zero-order valence-corrected chi connectivity index (χ0v) is 10.6. The molecule has 1 aromatic carbocycles. The molecular formula is C12H13F4NO2. The molecule has 0 heterocycles. The van der Waals surface area contributed by atoms with Gasteiger partial charge in [0.25, 0.3) is 5.91 Å². The molecule has 106 valence electrons. The van der Waals surface area contributed by atoms with Crippen molar-refractivity contribution in [3.63, 3.8) is 0 Å². The predicted octanol–water partition coefficient (Wildman–Crippen LogP) is 3.25. The molecule has 0 aromatic heterocycles. The lowest BCUT2D eigenvalue weighted by Gasteiger charge is -2.20. The molecule has 0 radical (unpaired) electrons. The van der Waals surface area contributed by atoms with Crippen molar-refractivity contribution in [2.75, 3.05) is 0 Å². The molecule has 0 saturated carbocycles. The quantitative estimate of drug-likeness (QED) is 0.844. The van der Waals surface area contributed by atoms with E-state index in [0.29, 0.717) is 6.07 Å². The van der Waals surface area contributed by atoms with Gasteiger partial charge in [0, 0.05) is 11.6 Å². The topological polar surface area (TPSA) is 38.3 Å². The molecule has 3 nitrogen and oxygen atoms in total. The van der Waals surface area contributed by atoms with Crippen molar-refractivity contribution in [1.82, 2.24) is 5.32 Å². The fourth-order valence-corrected chi connectivity index (χ4v) is 1.29. The summed E-state index contributed by atoms with van der Waals surface area (Å²) in [4.78, 5) is 11.7. The average Bonchev–Trinajstić information content (AvgIpc) is 2.11. The van der Waals surface area contributed by atoms with Gasteiger partial charge in [-0.25, -0.2) is 4.39 Å². The van der Waals surface area contributed by atoms with Crippen molar-refractivity contribution >= 4 is 5.91 Å². The van der Waals surface area contributed by atoms with Gasteiger partial charge in [-0.15, -0.1) is 13.2 Å². The van der Waals surface area contributed by atoms with Gasteiger partial charge in [-0.3, -0.25) is 4.79 Å². The third kappa shape index (κ3) is 5.15. The van der Waals surface area contributed by atoms with E-state index in [0.717, 1.165) is 12.1 Å². The van der Waals surface area contributed by atoms with Crippen LogP contribution in [0.5, 0.6) is 5.75 Å². The van der Waals surface area contributed by atoms with Gasteiger partial charge >= 0.3 is 6.36 Å². The molecule has 0 unspecified atom stereocenters. The maximum Gasteiger partial charge on any atom is 0.573 e. The highest BCUT2D eigenvalue weighted by Crippen LogP contribution is 2.24. The van der Waals surface area contributed by atoms with Crippen LogP contribution in [0.3, 0.4) is 0 Å². The van der Waals surface area contributed by atoms with Gasteiger partial charge in [-0.2, -0.15) is 0 Å². The molecule has 1 N–H and O–H groups in total. The van der Waals surface area contributed by atoms with Crippen molar-refractivity contribution in [2.24, 2.45) is 0 Å². The first-order chi connectivity index (χ1) is 8.48. The fraction of sp³-hybridized carbons (Fsp3) is 0.417. The first kappa shape index (κ1) is 15.3. The standard InChI is InChI=1S/C12H13F4NO2/c1-11(2,3)17-10(18)8-5-4-7(6-9(8)13)19-12(14,15)16/h4-6H,1-3H3,(H,17,18). The Morgan fingerprint density at radius 1 is 1.21 bits per heavy atom. The van der Waals surface area contributed by atoms with Crippen LogP contribution >= 0.6 is 0 Å². The van der Waals surface area contributed by atoms with Crippen molar-refractivity contribution in [3.05, 3.63) is 29.6 Å². The molecule has 1 aromatic rings. The summed E-state index contributed by atoms with van der Waals surface area (Å²) >= 11 is 0. The van der Waals surface area contributed by atoms with E-state index in [-0.39, 0.29) is 5.56 Å². The number of ether oxygens (including phenoxy) is 1. The zero-order valence-electron chi connectivity index (χ0n) is 10.6. The highest BCUT2D eigenvalue weighted by molar-refractivity contribution is 5.95. The van der Waals surface area contributed by atoms with Gasteiger partial charge in [-0.05, 0) is 32.9 Å². The molecule has 19 heavy (non-hydrogen) atoms. The van der Waals surface area contributed by atoms with Gasteiger partial charge in [0.2, 0.25) is 0 Å². The van der Waals surface area contributed by atoms with Crippen LogP contribution in [-0.4, -0.2) is 17.8 Å². The van der Waals surface area contributed by atoms with E-state index >= 15 is 0 Å². The Morgan fingerprint density at radius 3 is 2.21 bits per heavy atom. The summed E-state index contributed by atoms with van der Waals surface area (Å²) in [6.45, 7) is 5.10. The number of alkyl halides is 3. The smallest absolute Gasteiger partial charge is 0.406 e. The van der Waals surface area contributed by atoms with E-state index in [1.807, 2.05) is 0 Å². The number of carbonyl (C=O) groups excluding carboxylic acids is 1. The van der Waals surface area contributed by atoms with Crippen LogP contribution in [0.15, 0.2) is 18.2 Å². The van der Waals surface area contributed by atoms with Gasteiger partial charge in [0.1, 0.15) is 11.6 Å². The molecule has 7 heteroatoms. The SMILES string of the molecule is CC(C)(C)NC(=O)c1ccc(OC(F)(F)F)cc1F. The van der Waals surface area contributed by atoms with E-state index in [9.17, 15) is 22.4 Å². The van der Waals surface area contributed by atoms with Crippen LogP contribution in [0.4, 0.5) is 17.6 Å². The van der Waals surface area contributed by atoms with Gasteiger partial charge < -0.3 is 10.1 Å². The summed E-state index contributed by atoms with van der Waals surface area (Å²) in [6.07, 6.45) is -4.90. The van der Waals surface area contributed by atoms with E-state index in [1.54, 1.807) is 20.8 Å². The normalized spacial score (nSPS) is 12.2. The maximum atomic E-state index is 13.5. The van der Waals surface area contributed by atoms with Gasteiger partial charge in [-0.1, -0.05) is 0 Å². The van der Waals surface area contributed by atoms with E-state index in [2.05, 4.69) is 10.1 Å². The summed E-state index contributed by atoms with van der Waals surface area (Å²) in [5.41, 5.74) is -0.922. The second-order valence-electron chi connectivity index (χ2n) is 4.89. The van der Waals surface area contributed by atoms with Crippen molar-refractivity contribution < 1.29 is 27.1 Å². The summed E-state index contributed by atoms with van der Waals surface area (Å²) < 4.78 is 52.9. The first-order valence-electron chi connectivity index (χ1n) is 5.36. The Kier molecular flexibility index (Phi) is 4.07. The van der Waals surface area contributed by atoms with Crippen LogP contribution in [0.2, 0.25) is 0 Å². The molecule has 0 aliphatic carbocycles. The van der Waals surface area contributed by atoms with Crippen molar-refractivity contribution in [2.45, 2.75) is 32.7 Å². The minimum atomic E-state index is -4.90. The van der Waals surface area contributed by atoms with Gasteiger partial charge in [0.15, 0.2) is 0 Å². The van der Waals surface area contributed by atoms with Crippen molar-refractivity contribution in [3.8, 4) is 5.75 Å². The largest absolute Gasteiger partial charge is 0.573 e. The Balaban J connectivity index is 2.92. The molecular weight excluding hydrogens is 266 g/mol. The monoisotopic (exact) mass is 279 g/mol. The predicted molar refractivity (Wildman–Crippen MR) is 60.3 cm³/mol. The molecule has 0 saturated heterocycles. The molecule has 0 atom stereocenters. The maximum absolute atomic E-state index is 13.5. The minimum absolute atomic E-state index is 0.343. The second kappa shape index (κ2) is 5.07. The highest BCUT2D eigenvalue weighted by Gasteiger charge is 2.31. The Hall–Kier alpha value is -1.79. The molecule has 1 rings (SSSR count). The van der Waals surface area contributed by atoms with E-state index in [1.165, 1.54) is 0 Å². The molecule has 0 bridgehead atoms. The van der Waals surface area contributed by atoms with E-state index in [4.69, 9.17) is 0 Å². The third-order valence-electron chi connectivity index (χ3n) is 1.91. The molecule has 0 aliphatic rings. The number of rotatable bonds is 2. The highest BCUT2D eigenvalue weighted by atomic mass is 19.4. The minimum Gasteiger partial charge on any atom is -0.406 e. The number of amides is 1. The number of halogens is 4. The Bertz CT molecular complexity index is 478. The number of hydrogen-bond donors (Lipinski definition) is 1. The number of benzene rings is 1. The molecule has 0 aliphatic heterocycles. The third-order valence-corrected chi connectivity index (χ3v) is 1.91. The second-order valence-corrected chi connectivity index (χ2v) is 4.89. The van der Waals surface area contributed by atoms with Gasteiger partial charge in [0.05, 0.1) is 5.56 Å². The lowest BCUT2D eigenvalue weighted by atomic mass is 10.1. The molecule has 0 fully saturated rings. The molecule has 1 amide bonds. The van der Waals surface area contributed by atoms with Crippen LogP contribution in [0, 0.1) is 5.82 Å². The lowest BCUT2D eigenvalue weighted by Crippen LogP contribution is -2.40. The number of carbonyl (C=O) groups is 1. The summed E-state index contributed by atoms with van der Waals surface area (Å²) in [7, 11) is 0. The van der Waals surface area contributed by atoms with E-state index < -0.39 is 29.4 Å². The molecule has 0 spiro atoms. The summed E-state index contributed by atoms with van der Waals surface area (Å²) in [5, 5.41) is 2.50. The first-order valence-corrected chi connectivity index (χ1v) is 5.36. The fourth-order valence-electron chi connectivity index (χ4n) is 1.29. The van der Waals surface area contributed by atoms with Crippen LogP contribution in [0.25, 0.3) is 0 Å². The lowest BCUT2D eigenvalue weighted by molar-refractivity contribution is -0.274. The van der Waals surface area contributed by atoms with Crippen molar-refractivity contribution in [1.29, 1.82) is 0 Å². The Morgan fingerprint density at radius 2 is 1.79 bits per heavy atom.